The highest BCUT2D eigenvalue weighted by Crippen LogP contribution is 2.51. The molecule has 0 aromatic heterocycles. The summed E-state index contributed by atoms with van der Waals surface area (Å²) in [4.78, 5) is 4.85. The fourth-order valence-electron chi connectivity index (χ4n) is 10.1. The van der Waals surface area contributed by atoms with Gasteiger partial charge >= 0.3 is 0 Å². The van der Waals surface area contributed by atoms with Crippen LogP contribution in [0, 0.1) is 0 Å². The molecule has 0 atom stereocenters. The quantitative estimate of drug-likeness (QED) is 0.146. The van der Waals surface area contributed by atoms with Crippen LogP contribution >= 0.6 is 0 Å². The molecule has 0 bridgehead atoms. The van der Waals surface area contributed by atoms with Gasteiger partial charge in [0.2, 0.25) is 0 Å². The average molecular weight is 908 g/mol. The Balaban J connectivity index is 0.000000459. The molecule has 336 valence electrons. The van der Waals surface area contributed by atoms with Crippen molar-refractivity contribution >= 4 is 99.4 Å². The first-order chi connectivity index (χ1) is 35.2. The lowest BCUT2D eigenvalue weighted by Crippen LogP contribution is -2.13. The zero-order valence-corrected chi connectivity index (χ0v) is 39.1. The third-order valence-electron chi connectivity index (χ3n) is 13.4. The number of anilines is 8. The van der Waals surface area contributed by atoms with Crippen LogP contribution in [0.5, 0.6) is 0 Å². The van der Waals surface area contributed by atoms with Gasteiger partial charge in [-0.25, -0.2) is 0 Å². The van der Waals surface area contributed by atoms with Crippen LogP contribution in [0.3, 0.4) is 0 Å². The number of hydrogen-bond acceptors (Lipinski definition) is 3. The van der Waals surface area contributed by atoms with Crippen molar-refractivity contribution in [3.8, 4) is 11.1 Å². The van der Waals surface area contributed by atoms with E-state index < -0.39 is 0 Å². The van der Waals surface area contributed by atoms with E-state index in [0.717, 1.165) is 61.7 Å². The van der Waals surface area contributed by atoms with Crippen molar-refractivity contribution in [1.29, 1.82) is 0 Å². The summed E-state index contributed by atoms with van der Waals surface area (Å²) < 4.78 is 0. The Bertz CT molecular complexity index is 3860. The van der Waals surface area contributed by atoms with E-state index in [1.807, 2.05) is 0 Å². The van der Waals surface area contributed by atoms with Crippen molar-refractivity contribution in [2.24, 2.45) is 0 Å². The minimum Gasteiger partial charge on any atom is -0.356 e. The molecule has 1 N–H and O–H groups in total. The van der Waals surface area contributed by atoms with Crippen LogP contribution in [0.4, 0.5) is 45.5 Å². The molecule has 0 unspecified atom stereocenters. The first-order valence-electron chi connectivity index (χ1n) is 24.3. The van der Waals surface area contributed by atoms with Gasteiger partial charge in [0.15, 0.2) is 0 Å². The molecular weight excluding hydrogens is 859 g/mol. The third kappa shape index (κ3) is 8.58. The minimum absolute atomic E-state index is 1.03. The summed E-state index contributed by atoms with van der Waals surface area (Å²) in [6.07, 6.45) is 0. The van der Waals surface area contributed by atoms with E-state index in [0.29, 0.717) is 0 Å². The zero-order valence-electron chi connectivity index (χ0n) is 39.1. The van der Waals surface area contributed by atoms with Crippen LogP contribution in [-0.4, -0.2) is 0 Å². The topological polar surface area (TPSA) is 18.5 Å². The van der Waals surface area contributed by atoms with Crippen molar-refractivity contribution in [3.63, 3.8) is 0 Å². The molecule has 0 fully saturated rings. The molecule has 13 aromatic carbocycles. The Morgan fingerprint density at radius 3 is 1.35 bits per heavy atom. The number of benzene rings is 13. The van der Waals surface area contributed by atoms with Gasteiger partial charge < -0.3 is 15.1 Å². The van der Waals surface area contributed by atoms with Crippen LogP contribution in [0.2, 0.25) is 0 Å². The van der Waals surface area contributed by atoms with Gasteiger partial charge in [0.05, 0.1) is 11.4 Å². The predicted octanol–water partition coefficient (Wildman–Crippen LogP) is 19.5. The van der Waals surface area contributed by atoms with Gasteiger partial charge in [0.1, 0.15) is 0 Å². The molecule has 71 heavy (non-hydrogen) atoms. The number of fused-ring (bicyclic) bond motifs is 5. The molecule has 0 saturated carbocycles. The molecule has 0 heterocycles. The second kappa shape index (κ2) is 19.3. The van der Waals surface area contributed by atoms with Gasteiger partial charge in [-0.1, -0.05) is 206 Å². The summed E-state index contributed by atoms with van der Waals surface area (Å²) in [7, 11) is 0. The van der Waals surface area contributed by atoms with Crippen LogP contribution < -0.4 is 15.1 Å². The first kappa shape index (κ1) is 42.9. The molecule has 3 nitrogen and oxygen atoms in total. The molecular formula is C68H49N3. The van der Waals surface area contributed by atoms with Crippen LogP contribution in [0.25, 0.3) is 65.0 Å². The molecule has 0 spiro atoms. The molecule has 3 heteroatoms. The van der Waals surface area contributed by atoms with Gasteiger partial charge in [0, 0.05) is 50.3 Å². The molecule has 0 amide bonds. The van der Waals surface area contributed by atoms with E-state index >= 15 is 0 Å². The zero-order chi connectivity index (χ0) is 47.3. The second-order valence-electron chi connectivity index (χ2n) is 17.8. The summed E-state index contributed by atoms with van der Waals surface area (Å²) in [6.45, 7) is 0. The SMILES string of the molecule is c1ccc(Nc2ccc3c(N(c4ccccc4)c4ccccc4)c4cc(N(c5ccccc5)c5cccc6ccccc56)ccc4c(-c4ccc5ccccc5c4)c3c2)cc1.c1ccc2ccccc2c1. The lowest BCUT2D eigenvalue weighted by molar-refractivity contribution is 1.29. The van der Waals surface area contributed by atoms with E-state index in [1.54, 1.807) is 0 Å². The fraction of sp³-hybridized carbons (Fsp3) is 0. The summed E-state index contributed by atoms with van der Waals surface area (Å²) in [5, 5.41) is 15.8. The molecule has 0 aliphatic carbocycles. The highest BCUT2D eigenvalue weighted by atomic mass is 15.2. The maximum Gasteiger partial charge on any atom is 0.0619 e. The van der Waals surface area contributed by atoms with Crippen molar-refractivity contribution < 1.29 is 0 Å². The van der Waals surface area contributed by atoms with Gasteiger partial charge in [-0.2, -0.15) is 0 Å². The van der Waals surface area contributed by atoms with Gasteiger partial charge in [-0.15, -0.1) is 0 Å². The molecule has 13 rings (SSSR count). The smallest absolute Gasteiger partial charge is 0.0619 e. The Labute approximate surface area is 414 Å². The Hall–Kier alpha value is -9.44. The first-order valence-corrected chi connectivity index (χ1v) is 24.3. The molecule has 0 aliphatic heterocycles. The van der Waals surface area contributed by atoms with Crippen LogP contribution in [-0.2, 0) is 0 Å². The standard InChI is InChI=1S/C58H41N3.C10H8/c1-5-22-45(23-6-1)59-46-34-36-53-54(39-46)57(44-33-32-41-18-13-14-20-43(41)38-44)52-37-35-50(40-55(52)58(53)61(48-26-9-3-10-27-48)49-28-11-4-12-29-49)60(47-24-7-2-8-25-47)56-31-17-21-42-19-15-16-30-51(42)56;1-2-6-10-8-4-3-7-9(10)5-1/h1-40,59H;1-8H. The van der Waals surface area contributed by atoms with Gasteiger partial charge in [0.25, 0.3) is 0 Å². The van der Waals surface area contributed by atoms with E-state index in [-0.39, 0.29) is 0 Å². The Morgan fingerprint density at radius 2 is 0.732 bits per heavy atom. The van der Waals surface area contributed by atoms with E-state index in [2.05, 4.69) is 306 Å². The highest BCUT2D eigenvalue weighted by molar-refractivity contribution is 6.24. The summed E-state index contributed by atoms with van der Waals surface area (Å²) in [6, 6.07) is 104. The minimum atomic E-state index is 1.03. The lowest BCUT2D eigenvalue weighted by Gasteiger charge is -2.31. The molecule has 13 aromatic rings. The third-order valence-corrected chi connectivity index (χ3v) is 13.4. The number of nitrogens with zero attached hydrogens (tertiary/aromatic N) is 2. The normalized spacial score (nSPS) is 11.1. The average Bonchev–Trinajstić information content (AvgIpc) is 3.44. The monoisotopic (exact) mass is 907 g/mol. The van der Waals surface area contributed by atoms with Crippen molar-refractivity contribution in [1.82, 2.24) is 0 Å². The molecule has 0 saturated heterocycles. The second-order valence-corrected chi connectivity index (χ2v) is 17.8. The number of nitrogens with one attached hydrogen (secondary N) is 1. The van der Waals surface area contributed by atoms with Gasteiger partial charge in [-0.05, 0) is 134 Å². The molecule has 0 aliphatic rings. The number of hydrogen-bond donors (Lipinski definition) is 1. The fourth-order valence-corrected chi connectivity index (χ4v) is 10.1. The van der Waals surface area contributed by atoms with Crippen LogP contribution in [0.15, 0.2) is 291 Å². The maximum atomic E-state index is 3.72. The van der Waals surface area contributed by atoms with Gasteiger partial charge in [-0.3, -0.25) is 0 Å². The van der Waals surface area contributed by atoms with E-state index in [9.17, 15) is 0 Å². The number of rotatable bonds is 9. The maximum absolute atomic E-state index is 3.72. The van der Waals surface area contributed by atoms with E-state index in [1.165, 1.54) is 48.8 Å². The largest absolute Gasteiger partial charge is 0.356 e. The highest BCUT2D eigenvalue weighted by Gasteiger charge is 2.25. The Kier molecular flexibility index (Phi) is 11.6. The van der Waals surface area contributed by atoms with Crippen molar-refractivity contribution in [2.45, 2.75) is 0 Å². The van der Waals surface area contributed by atoms with Crippen molar-refractivity contribution in [2.75, 3.05) is 15.1 Å². The summed E-state index contributed by atoms with van der Waals surface area (Å²) >= 11 is 0. The van der Waals surface area contributed by atoms with Crippen LogP contribution in [0.1, 0.15) is 0 Å². The molecule has 0 radical (unpaired) electrons. The lowest BCUT2D eigenvalue weighted by atomic mass is 9.88. The van der Waals surface area contributed by atoms with E-state index in [4.69, 9.17) is 0 Å². The summed E-state index contributed by atoms with van der Waals surface area (Å²) in [5.41, 5.74) is 11.0. The Morgan fingerprint density at radius 1 is 0.239 bits per heavy atom. The summed E-state index contributed by atoms with van der Waals surface area (Å²) in [5.74, 6) is 0. The number of para-hydroxylation sites is 4. The predicted molar refractivity (Wildman–Crippen MR) is 305 cm³/mol. The van der Waals surface area contributed by atoms with Crippen molar-refractivity contribution in [3.05, 3.63) is 291 Å².